The second kappa shape index (κ2) is 9.90. The normalized spacial score (nSPS) is 13.8. The maximum absolute atomic E-state index is 12.7. The van der Waals surface area contributed by atoms with Gasteiger partial charge in [-0.2, -0.15) is 10.4 Å². The summed E-state index contributed by atoms with van der Waals surface area (Å²) in [6.45, 7) is 9.27. The summed E-state index contributed by atoms with van der Waals surface area (Å²) in [7, 11) is 0. The number of amides is 1. The molecule has 3 heterocycles. The minimum atomic E-state index is -0.463. The number of nitriles is 1. The highest BCUT2D eigenvalue weighted by molar-refractivity contribution is 5.93. The average molecular weight is 477 g/mol. The molecular formula is C26H32N6O3. The molecule has 35 heavy (non-hydrogen) atoms. The summed E-state index contributed by atoms with van der Waals surface area (Å²) >= 11 is 0. The van der Waals surface area contributed by atoms with E-state index in [1.54, 1.807) is 4.52 Å². The number of anilines is 1. The van der Waals surface area contributed by atoms with Gasteiger partial charge in [0.15, 0.2) is 12.3 Å². The summed E-state index contributed by atoms with van der Waals surface area (Å²) < 4.78 is 9.12. The van der Waals surface area contributed by atoms with Crippen molar-refractivity contribution in [1.29, 1.82) is 5.26 Å². The van der Waals surface area contributed by atoms with E-state index >= 15 is 0 Å². The molecule has 1 N–H and O–H groups in total. The first kappa shape index (κ1) is 24.5. The number of aromatic nitrogens is 4. The van der Waals surface area contributed by atoms with Crippen molar-refractivity contribution >= 4 is 23.3 Å². The minimum Gasteiger partial charge on any atom is -0.456 e. The van der Waals surface area contributed by atoms with Gasteiger partial charge in [0.1, 0.15) is 11.9 Å². The van der Waals surface area contributed by atoms with E-state index in [9.17, 15) is 14.9 Å². The van der Waals surface area contributed by atoms with Gasteiger partial charge in [-0.15, -0.1) is 0 Å². The molecule has 9 heteroatoms. The standard InChI is InChI=1S/C26H32N6O3/c1-15-12-23-28-17(3)21(19(5)32(23)30-15)10-11-25(34)35-14-24(33)29-26-22(13-27)16(2)18(4)31(26)20-8-6-7-9-20/h12,20H,6-11,14H2,1-5H3,(H,29,33). The summed E-state index contributed by atoms with van der Waals surface area (Å²) in [5.41, 5.74) is 6.73. The summed E-state index contributed by atoms with van der Waals surface area (Å²) in [6, 6.07) is 4.41. The van der Waals surface area contributed by atoms with Crippen LogP contribution in [-0.2, 0) is 20.7 Å². The molecule has 0 bridgehead atoms. The molecule has 9 nitrogen and oxygen atoms in total. The molecule has 4 rings (SSSR count). The number of fused-ring (bicyclic) bond motifs is 1. The topological polar surface area (TPSA) is 114 Å². The zero-order chi connectivity index (χ0) is 25.3. The Labute approximate surface area is 205 Å². The Morgan fingerprint density at radius 2 is 1.89 bits per heavy atom. The predicted molar refractivity (Wildman–Crippen MR) is 131 cm³/mol. The number of aryl methyl sites for hydroxylation is 3. The number of rotatable bonds is 7. The van der Waals surface area contributed by atoms with E-state index in [-0.39, 0.29) is 12.5 Å². The quantitative estimate of drug-likeness (QED) is 0.512. The van der Waals surface area contributed by atoms with Crippen LogP contribution in [0.15, 0.2) is 6.07 Å². The number of carbonyl (C=O) groups excluding carboxylic acids is 2. The minimum absolute atomic E-state index is 0.127. The largest absolute Gasteiger partial charge is 0.456 e. The molecule has 1 fully saturated rings. The van der Waals surface area contributed by atoms with E-state index in [0.717, 1.165) is 65.2 Å². The molecule has 1 amide bonds. The Bertz CT molecular complexity index is 1340. The first-order chi connectivity index (χ1) is 16.7. The molecule has 0 aromatic carbocycles. The summed E-state index contributed by atoms with van der Waals surface area (Å²) in [6.07, 6.45) is 4.89. The second-order valence-electron chi connectivity index (χ2n) is 9.38. The van der Waals surface area contributed by atoms with Crippen LogP contribution in [-0.4, -0.2) is 37.6 Å². The van der Waals surface area contributed by atoms with Crippen LogP contribution in [0.5, 0.6) is 0 Å². The zero-order valence-corrected chi connectivity index (χ0v) is 21.1. The molecule has 3 aromatic rings. The third-order valence-electron chi connectivity index (χ3n) is 7.05. The van der Waals surface area contributed by atoms with Crippen LogP contribution in [0.4, 0.5) is 5.82 Å². The fourth-order valence-corrected chi connectivity index (χ4v) is 5.12. The van der Waals surface area contributed by atoms with Gasteiger partial charge in [-0.1, -0.05) is 12.8 Å². The van der Waals surface area contributed by atoms with E-state index in [1.807, 2.05) is 40.7 Å². The first-order valence-electron chi connectivity index (χ1n) is 12.1. The van der Waals surface area contributed by atoms with Gasteiger partial charge >= 0.3 is 5.97 Å². The van der Waals surface area contributed by atoms with Crippen molar-refractivity contribution in [2.75, 3.05) is 11.9 Å². The summed E-state index contributed by atoms with van der Waals surface area (Å²) in [4.78, 5) is 29.7. The van der Waals surface area contributed by atoms with Crippen molar-refractivity contribution in [2.24, 2.45) is 0 Å². The van der Waals surface area contributed by atoms with Crippen molar-refractivity contribution in [3.8, 4) is 6.07 Å². The number of nitrogens with zero attached hydrogens (tertiary/aromatic N) is 5. The maximum Gasteiger partial charge on any atom is 0.306 e. The fraction of sp³-hybridized carbons (Fsp3) is 0.500. The third-order valence-corrected chi connectivity index (χ3v) is 7.05. The van der Waals surface area contributed by atoms with E-state index in [4.69, 9.17) is 4.74 Å². The number of hydrogen-bond acceptors (Lipinski definition) is 6. The lowest BCUT2D eigenvalue weighted by atomic mass is 10.1. The van der Waals surface area contributed by atoms with Gasteiger partial charge in [-0.3, -0.25) is 9.59 Å². The summed E-state index contributed by atoms with van der Waals surface area (Å²) in [5, 5.41) is 17.0. The van der Waals surface area contributed by atoms with Crippen molar-refractivity contribution in [2.45, 2.75) is 79.2 Å². The molecule has 0 saturated heterocycles. The molecule has 0 radical (unpaired) electrons. The average Bonchev–Trinajstić information content (AvgIpc) is 3.51. The van der Waals surface area contributed by atoms with Crippen molar-refractivity contribution in [3.63, 3.8) is 0 Å². The molecule has 0 atom stereocenters. The smallest absolute Gasteiger partial charge is 0.306 e. The monoisotopic (exact) mass is 476 g/mol. The van der Waals surface area contributed by atoms with E-state index in [1.165, 1.54) is 0 Å². The highest BCUT2D eigenvalue weighted by Gasteiger charge is 2.27. The molecular weight excluding hydrogens is 444 g/mol. The van der Waals surface area contributed by atoms with Gasteiger partial charge in [0.2, 0.25) is 0 Å². The molecule has 3 aromatic heterocycles. The van der Waals surface area contributed by atoms with Crippen molar-refractivity contribution < 1.29 is 14.3 Å². The van der Waals surface area contributed by atoms with Gasteiger partial charge in [0.05, 0.1) is 11.3 Å². The predicted octanol–water partition coefficient (Wildman–Crippen LogP) is 4.17. The van der Waals surface area contributed by atoms with Crippen LogP contribution in [0.25, 0.3) is 5.65 Å². The summed E-state index contributed by atoms with van der Waals surface area (Å²) in [5.74, 6) is -0.403. The molecule has 1 aliphatic rings. The molecule has 1 saturated carbocycles. The lowest BCUT2D eigenvalue weighted by molar-refractivity contribution is -0.147. The Morgan fingerprint density at radius 3 is 2.57 bits per heavy atom. The Hall–Kier alpha value is -3.67. The van der Waals surface area contributed by atoms with Crippen LogP contribution < -0.4 is 5.32 Å². The van der Waals surface area contributed by atoms with Gasteiger partial charge in [0, 0.05) is 35.6 Å². The fourth-order valence-electron chi connectivity index (χ4n) is 5.12. The van der Waals surface area contributed by atoms with Crippen LogP contribution in [0.1, 0.15) is 77.6 Å². The van der Waals surface area contributed by atoms with Crippen LogP contribution in [0, 0.1) is 45.9 Å². The number of nitrogens with one attached hydrogen (secondary N) is 1. The maximum atomic E-state index is 12.7. The lowest BCUT2D eigenvalue weighted by Crippen LogP contribution is -2.24. The van der Waals surface area contributed by atoms with Gasteiger partial charge < -0.3 is 14.6 Å². The molecule has 1 aliphatic carbocycles. The molecule has 184 valence electrons. The van der Waals surface area contributed by atoms with E-state index in [0.29, 0.717) is 17.8 Å². The number of ether oxygens (including phenoxy) is 1. The van der Waals surface area contributed by atoms with Crippen molar-refractivity contribution in [3.05, 3.63) is 45.5 Å². The zero-order valence-electron chi connectivity index (χ0n) is 21.1. The number of carbonyl (C=O) groups is 2. The number of esters is 1. The van der Waals surface area contributed by atoms with Gasteiger partial charge in [-0.25, -0.2) is 9.50 Å². The van der Waals surface area contributed by atoms with Crippen LogP contribution in [0.2, 0.25) is 0 Å². The van der Waals surface area contributed by atoms with Crippen LogP contribution >= 0.6 is 0 Å². The second-order valence-corrected chi connectivity index (χ2v) is 9.38. The highest BCUT2D eigenvalue weighted by atomic mass is 16.5. The Morgan fingerprint density at radius 1 is 1.17 bits per heavy atom. The third kappa shape index (κ3) is 4.78. The van der Waals surface area contributed by atoms with Crippen LogP contribution in [0.3, 0.4) is 0 Å². The van der Waals surface area contributed by atoms with Gasteiger partial charge in [0.25, 0.3) is 5.91 Å². The lowest BCUT2D eigenvalue weighted by Gasteiger charge is -2.19. The highest BCUT2D eigenvalue weighted by Crippen LogP contribution is 2.37. The molecule has 0 aliphatic heterocycles. The first-order valence-corrected chi connectivity index (χ1v) is 12.1. The van der Waals surface area contributed by atoms with Gasteiger partial charge in [-0.05, 0) is 65.0 Å². The van der Waals surface area contributed by atoms with E-state index in [2.05, 4.69) is 26.0 Å². The SMILES string of the molecule is Cc1cc2nc(C)c(CCC(=O)OCC(=O)Nc3c(C#N)c(C)c(C)n3C3CCCC3)c(C)n2n1. The molecule has 0 spiro atoms. The van der Waals surface area contributed by atoms with Crippen molar-refractivity contribution in [1.82, 2.24) is 19.2 Å². The Balaban J connectivity index is 1.39. The number of hydrogen-bond donors (Lipinski definition) is 1. The Kier molecular flexibility index (Phi) is 6.92. The molecule has 0 unspecified atom stereocenters. The van der Waals surface area contributed by atoms with E-state index < -0.39 is 18.5 Å².